The molecule has 0 unspecified atom stereocenters. The van der Waals surface area contributed by atoms with Crippen LogP contribution in [0.25, 0.3) is 0 Å². The molecule has 130 valence electrons. The molecule has 2 rings (SSSR count). The van der Waals surface area contributed by atoms with Crippen molar-refractivity contribution in [3.8, 4) is 0 Å². The van der Waals surface area contributed by atoms with Gasteiger partial charge in [0.15, 0.2) is 5.11 Å². The minimum absolute atomic E-state index is 0.00957. The van der Waals surface area contributed by atoms with E-state index >= 15 is 0 Å². The molecule has 0 spiro atoms. The van der Waals surface area contributed by atoms with E-state index in [-0.39, 0.29) is 27.3 Å². The van der Waals surface area contributed by atoms with Gasteiger partial charge >= 0.3 is 0 Å². The lowest BCUT2D eigenvalue weighted by atomic mass is 10.0. The molecule has 25 heavy (non-hydrogen) atoms. The van der Waals surface area contributed by atoms with E-state index < -0.39 is 5.97 Å². The van der Waals surface area contributed by atoms with Gasteiger partial charge in [-0.3, -0.25) is 10.1 Å². The van der Waals surface area contributed by atoms with E-state index in [4.69, 9.17) is 23.8 Å². The van der Waals surface area contributed by atoms with Crippen molar-refractivity contribution < 1.29 is 14.7 Å². The Morgan fingerprint density at radius 3 is 2.24 bits per heavy atom. The van der Waals surface area contributed by atoms with Gasteiger partial charge in [-0.2, -0.15) is 0 Å². The second-order valence-corrected chi connectivity index (χ2v) is 6.48. The number of rotatable bonds is 4. The number of amides is 1. The van der Waals surface area contributed by atoms with Gasteiger partial charge in [0.2, 0.25) is 0 Å². The quantitative estimate of drug-likeness (QED) is 0.803. The Bertz CT molecular complexity index is 820. The predicted molar refractivity (Wildman–Crippen MR) is 100 cm³/mol. The third-order valence-electron chi connectivity index (χ3n) is 3.52. The molecule has 7 heteroatoms. The molecule has 0 bridgehead atoms. The van der Waals surface area contributed by atoms with Crippen LogP contribution in [0.2, 0.25) is 5.02 Å². The summed E-state index contributed by atoms with van der Waals surface area (Å²) in [5, 5.41) is 16.4. The van der Waals surface area contributed by atoms with E-state index in [0.29, 0.717) is 11.5 Å². The van der Waals surface area contributed by atoms with Crippen molar-refractivity contribution in [1.82, 2.24) is 5.32 Å². The van der Waals surface area contributed by atoms with Crippen LogP contribution in [0.1, 0.15) is 46.0 Å². The van der Waals surface area contributed by atoms with Gasteiger partial charge in [-0.1, -0.05) is 43.6 Å². The van der Waals surface area contributed by atoms with Gasteiger partial charge in [0, 0.05) is 5.56 Å². The fraction of sp³-hybridized carbons (Fsp3) is 0.167. The van der Waals surface area contributed by atoms with Crippen LogP contribution in [0.4, 0.5) is 5.69 Å². The minimum atomic E-state index is -1.33. The summed E-state index contributed by atoms with van der Waals surface area (Å²) in [5.74, 6) is -1.34. The number of anilines is 1. The van der Waals surface area contributed by atoms with Crippen LogP contribution >= 0.6 is 23.8 Å². The second kappa shape index (κ2) is 8.09. The van der Waals surface area contributed by atoms with Gasteiger partial charge in [0.05, 0.1) is 16.7 Å². The molecule has 0 aliphatic rings. The molecule has 0 aliphatic heterocycles. The molecule has 0 atom stereocenters. The van der Waals surface area contributed by atoms with E-state index in [1.807, 2.05) is 12.1 Å². The summed E-state index contributed by atoms with van der Waals surface area (Å²) in [4.78, 5) is 23.1. The molecule has 0 aliphatic carbocycles. The van der Waals surface area contributed by atoms with Crippen LogP contribution in [0, 0.1) is 0 Å². The third-order valence-corrected chi connectivity index (χ3v) is 4.05. The fourth-order valence-electron chi connectivity index (χ4n) is 2.10. The number of carbonyl (C=O) groups excluding carboxylic acids is 2. The summed E-state index contributed by atoms with van der Waals surface area (Å²) in [7, 11) is 0. The Labute approximate surface area is 156 Å². The largest absolute Gasteiger partial charge is 0.545 e. The first-order chi connectivity index (χ1) is 11.8. The summed E-state index contributed by atoms with van der Waals surface area (Å²) >= 11 is 11.1. The van der Waals surface area contributed by atoms with Gasteiger partial charge in [0.25, 0.3) is 5.91 Å². The van der Waals surface area contributed by atoms with Crippen molar-refractivity contribution in [1.29, 1.82) is 0 Å². The van der Waals surface area contributed by atoms with Gasteiger partial charge < -0.3 is 15.2 Å². The number of benzene rings is 2. The van der Waals surface area contributed by atoms with E-state index in [9.17, 15) is 14.7 Å². The van der Waals surface area contributed by atoms with Crippen LogP contribution in [-0.4, -0.2) is 17.0 Å². The molecule has 1 amide bonds. The number of hydrogen-bond acceptors (Lipinski definition) is 4. The number of aromatic carboxylic acids is 1. The van der Waals surface area contributed by atoms with E-state index in [1.165, 1.54) is 18.2 Å². The maximum absolute atomic E-state index is 12.2. The Morgan fingerprint density at radius 2 is 1.68 bits per heavy atom. The highest BCUT2D eigenvalue weighted by atomic mass is 35.5. The maximum Gasteiger partial charge on any atom is 0.257 e. The average molecular weight is 376 g/mol. The van der Waals surface area contributed by atoms with E-state index in [2.05, 4.69) is 24.5 Å². The summed E-state index contributed by atoms with van der Waals surface area (Å²) in [5.41, 5.74) is 1.81. The summed E-state index contributed by atoms with van der Waals surface area (Å²) in [6.07, 6.45) is 0. The van der Waals surface area contributed by atoms with Crippen LogP contribution < -0.4 is 15.7 Å². The Morgan fingerprint density at radius 1 is 1.08 bits per heavy atom. The van der Waals surface area contributed by atoms with Crippen molar-refractivity contribution in [3.63, 3.8) is 0 Å². The van der Waals surface area contributed by atoms with Crippen LogP contribution in [0.15, 0.2) is 42.5 Å². The minimum Gasteiger partial charge on any atom is -0.545 e. The molecule has 0 radical (unpaired) electrons. The molecule has 2 aromatic rings. The van der Waals surface area contributed by atoms with Gasteiger partial charge in [0.1, 0.15) is 0 Å². The Balaban J connectivity index is 2.06. The lowest BCUT2D eigenvalue weighted by Crippen LogP contribution is -2.34. The lowest BCUT2D eigenvalue weighted by molar-refractivity contribution is -0.255. The molecular formula is C18H16ClN2O3S-. The average Bonchev–Trinajstić information content (AvgIpc) is 2.56. The summed E-state index contributed by atoms with van der Waals surface area (Å²) < 4.78 is 0. The highest BCUT2D eigenvalue weighted by Crippen LogP contribution is 2.23. The number of carboxylic acids is 1. The number of hydrogen-bond donors (Lipinski definition) is 2. The third kappa shape index (κ3) is 5.01. The zero-order valence-corrected chi connectivity index (χ0v) is 15.2. The van der Waals surface area contributed by atoms with Gasteiger partial charge in [-0.05, 0) is 53.5 Å². The summed E-state index contributed by atoms with van der Waals surface area (Å²) in [6.45, 7) is 4.14. The molecular weight excluding hydrogens is 360 g/mol. The second-order valence-electron chi connectivity index (χ2n) is 5.67. The highest BCUT2D eigenvalue weighted by Gasteiger charge is 2.10. The van der Waals surface area contributed by atoms with E-state index in [1.54, 1.807) is 12.1 Å². The highest BCUT2D eigenvalue weighted by molar-refractivity contribution is 7.80. The molecule has 0 fully saturated rings. The molecule has 2 N–H and O–H groups in total. The van der Waals surface area contributed by atoms with Gasteiger partial charge in [-0.15, -0.1) is 0 Å². The molecule has 0 aromatic heterocycles. The number of halogens is 1. The van der Waals surface area contributed by atoms with Crippen molar-refractivity contribution in [2.24, 2.45) is 0 Å². The number of thiocarbonyl (C=S) groups is 1. The number of carbonyl (C=O) groups is 2. The molecule has 2 aromatic carbocycles. The first-order valence-electron chi connectivity index (χ1n) is 7.51. The zero-order chi connectivity index (χ0) is 18.6. The van der Waals surface area contributed by atoms with Crippen molar-refractivity contribution in [2.45, 2.75) is 19.8 Å². The summed E-state index contributed by atoms with van der Waals surface area (Å²) in [6, 6.07) is 11.2. The normalized spacial score (nSPS) is 10.4. The SMILES string of the molecule is CC(C)c1ccc(C(=O)NC(=S)Nc2cc(C(=O)[O-])ccc2Cl)cc1. The maximum atomic E-state index is 12.2. The smallest absolute Gasteiger partial charge is 0.257 e. The van der Waals surface area contributed by atoms with Crippen LogP contribution in [0.5, 0.6) is 0 Å². The predicted octanol–water partition coefficient (Wildman–Crippen LogP) is 2.95. The topological polar surface area (TPSA) is 81.3 Å². The van der Waals surface area contributed by atoms with Crippen LogP contribution in [0.3, 0.4) is 0 Å². The molecule has 5 nitrogen and oxygen atoms in total. The van der Waals surface area contributed by atoms with Crippen LogP contribution in [-0.2, 0) is 0 Å². The number of carboxylic acid groups (broad SMARTS) is 1. The molecule has 0 saturated heterocycles. The monoisotopic (exact) mass is 375 g/mol. The fourth-order valence-corrected chi connectivity index (χ4v) is 2.46. The number of nitrogens with one attached hydrogen (secondary N) is 2. The van der Waals surface area contributed by atoms with Crippen molar-refractivity contribution >= 4 is 46.5 Å². The Kier molecular flexibility index (Phi) is 6.12. The lowest BCUT2D eigenvalue weighted by Gasteiger charge is -2.13. The molecule has 0 heterocycles. The molecule has 0 saturated carbocycles. The van der Waals surface area contributed by atoms with Gasteiger partial charge in [-0.25, -0.2) is 0 Å². The van der Waals surface area contributed by atoms with Crippen molar-refractivity contribution in [2.75, 3.05) is 5.32 Å². The first-order valence-corrected chi connectivity index (χ1v) is 8.29. The standard InChI is InChI=1S/C18H17ClN2O3S/c1-10(2)11-3-5-12(6-4-11)16(22)21-18(25)20-15-9-13(17(23)24)7-8-14(15)19/h3-10H,1-2H3,(H,23,24)(H2,20,21,22,25)/p-1. The zero-order valence-electron chi connectivity index (χ0n) is 13.6. The van der Waals surface area contributed by atoms with Crippen molar-refractivity contribution in [3.05, 3.63) is 64.2 Å². The Hall–Kier alpha value is -2.44. The van der Waals surface area contributed by atoms with E-state index in [0.717, 1.165) is 5.56 Å². The first kappa shape index (κ1) is 18.9.